The molecule has 7 nitrogen and oxygen atoms in total. The highest BCUT2D eigenvalue weighted by Gasteiger charge is 2.26. The van der Waals surface area contributed by atoms with E-state index in [2.05, 4.69) is 31.1 Å². The maximum absolute atomic E-state index is 12.6. The van der Waals surface area contributed by atoms with Crippen LogP contribution in [-0.2, 0) is 4.74 Å². The van der Waals surface area contributed by atoms with Crippen LogP contribution in [0.1, 0.15) is 56.6 Å². The molecule has 0 radical (unpaired) electrons. The van der Waals surface area contributed by atoms with E-state index in [0.29, 0.717) is 18.2 Å². The zero-order valence-corrected chi connectivity index (χ0v) is 21.4. The van der Waals surface area contributed by atoms with Gasteiger partial charge in [-0.15, -0.1) is 11.6 Å². The number of nitrogens with one attached hydrogen (secondary N) is 1. The lowest BCUT2D eigenvalue weighted by atomic mass is 9.97. The molecule has 5 unspecified atom stereocenters. The Labute approximate surface area is 202 Å². The third-order valence-electron chi connectivity index (χ3n) is 6.52. The molecule has 1 N–H and O–H groups in total. The van der Waals surface area contributed by atoms with Crippen molar-refractivity contribution in [2.75, 3.05) is 13.2 Å². The van der Waals surface area contributed by atoms with Gasteiger partial charge in [-0.3, -0.25) is 9.43 Å². The van der Waals surface area contributed by atoms with E-state index in [4.69, 9.17) is 26.0 Å². The van der Waals surface area contributed by atoms with Gasteiger partial charge in [-0.25, -0.2) is 9.98 Å². The number of carbonyl (C=O) groups excluding carboxylic acids is 1. The van der Waals surface area contributed by atoms with E-state index in [-0.39, 0.29) is 38.3 Å². The van der Waals surface area contributed by atoms with Gasteiger partial charge in [0.05, 0.1) is 23.5 Å². The largest absolute Gasteiger partial charge is 0.376 e. The van der Waals surface area contributed by atoms with Crippen LogP contribution >= 0.6 is 11.6 Å². The Bertz CT molecular complexity index is 1030. The summed E-state index contributed by atoms with van der Waals surface area (Å²) in [6.07, 6.45) is 14.1. The van der Waals surface area contributed by atoms with Crippen LogP contribution in [0.15, 0.2) is 57.7 Å². The van der Waals surface area contributed by atoms with E-state index < -0.39 is 0 Å². The molecular weight excluding hydrogens is 454 g/mol. The zero-order chi connectivity index (χ0) is 23.4. The van der Waals surface area contributed by atoms with E-state index in [9.17, 15) is 4.79 Å². The Morgan fingerprint density at radius 1 is 1.42 bits per heavy atom. The first-order valence-electron chi connectivity index (χ1n) is 11.6. The highest BCUT2D eigenvalue weighted by atomic mass is 35.5. The monoisotopic (exact) mass is 485 g/mol. The lowest BCUT2D eigenvalue weighted by molar-refractivity contribution is 0.0952. The summed E-state index contributed by atoms with van der Waals surface area (Å²) in [6.45, 7) is 7.80. The maximum atomic E-state index is 12.6. The molecule has 1 saturated heterocycles. The molecule has 5 atom stereocenters. The normalized spacial score (nSPS) is 30.1. The van der Waals surface area contributed by atoms with Crippen LogP contribution in [0.2, 0.25) is 0 Å². The minimum atomic E-state index is -0.181. The number of ether oxygens (including phenoxy) is 1. The van der Waals surface area contributed by atoms with E-state index in [1.807, 2.05) is 35.2 Å². The number of aliphatic imine (C=N–C) groups is 1. The van der Waals surface area contributed by atoms with E-state index >= 15 is 0 Å². The van der Waals surface area contributed by atoms with Gasteiger partial charge in [-0.1, -0.05) is 32.1 Å². The number of rotatable bonds is 5. The number of aromatic nitrogens is 2. The molecule has 0 aromatic carbocycles. The molecule has 1 aliphatic carbocycles. The van der Waals surface area contributed by atoms with Gasteiger partial charge < -0.3 is 14.6 Å². The number of alkyl halides is 1. The molecule has 4 rings (SSSR count). The molecule has 1 aromatic rings. The van der Waals surface area contributed by atoms with Gasteiger partial charge >= 0.3 is 0 Å². The highest BCUT2D eigenvalue weighted by Crippen LogP contribution is 2.29. The van der Waals surface area contributed by atoms with Crippen LogP contribution in [-0.4, -0.2) is 54.9 Å². The highest BCUT2D eigenvalue weighted by molar-refractivity contribution is 6.28. The summed E-state index contributed by atoms with van der Waals surface area (Å²) in [4.78, 5) is 21.7. The summed E-state index contributed by atoms with van der Waals surface area (Å²) in [7, 11) is -0.167. The Kier molecular flexibility index (Phi) is 7.88. The Morgan fingerprint density at radius 2 is 2.27 bits per heavy atom. The Hall–Kier alpha value is -2.16. The Morgan fingerprint density at radius 3 is 3.03 bits per heavy atom. The van der Waals surface area contributed by atoms with Crippen molar-refractivity contribution < 1.29 is 9.53 Å². The molecule has 1 fully saturated rings. The van der Waals surface area contributed by atoms with E-state index in [1.54, 1.807) is 6.33 Å². The second kappa shape index (κ2) is 10.8. The lowest BCUT2D eigenvalue weighted by Crippen LogP contribution is -2.27. The van der Waals surface area contributed by atoms with Crippen molar-refractivity contribution in [3.05, 3.63) is 53.8 Å². The van der Waals surface area contributed by atoms with E-state index in [0.717, 1.165) is 42.9 Å². The van der Waals surface area contributed by atoms with Crippen LogP contribution < -0.4 is 5.32 Å². The van der Waals surface area contributed by atoms with Gasteiger partial charge in [-0.05, 0) is 43.3 Å². The van der Waals surface area contributed by atoms with Crippen molar-refractivity contribution in [1.82, 2.24) is 14.9 Å². The van der Waals surface area contributed by atoms with Gasteiger partial charge in [0.25, 0.3) is 5.91 Å². The minimum absolute atomic E-state index is 0.0114. The number of nitrogens with zero attached hydrogens (tertiary/aromatic N) is 4. The third kappa shape index (κ3) is 6.05. The van der Waals surface area contributed by atoms with Crippen LogP contribution in [0.3, 0.4) is 0 Å². The molecule has 3 aliphatic rings. The fourth-order valence-corrected chi connectivity index (χ4v) is 5.93. The second-order valence-electron chi connectivity index (χ2n) is 9.21. The van der Waals surface area contributed by atoms with Gasteiger partial charge in [0.2, 0.25) is 0 Å². The zero-order valence-electron chi connectivity index (χ0n) is 19.4. The molecule has 3 heterocycles. The van der Waals surface area contributed by atoms with Gasteiger partial charge in [0.1, 0.15) is 20.8 Å². The fraction of sp³-hybridized carbons (Fsp3) is 0.542. The van der Waals surface area contributed by atoms with Gasteiger partial charge in [0.15, 0.2) is 0 Å². The SMILES string of the molecule is CC1=CN=C(/N=[SiH]/C2OCCC2C)C(C)CC1n1cnc(C(=O)NCC2=CC=CC(Cl)C2)c1. The summed E-state index contributed by atoms with van der Waals surface area (Å²) >= 11 is 6.16. The number of amidine groups is 1. The Balaban J connectivity index is 1.38. The van der Waals surface area contributed by atoms with Gasteiger partial charge in [-0.2, -0.15) is 0 Å². The van der Waals surface area contributed by atoms with Crippen LogP contribution in [0.25, 0.3) is 0 Å². The second-order valence-corrected chi connectivity index (χ2v) is 11.0. The first-order valence-corrected chi connectivity index (χ1v) is 13.2. The number of hydrogen-bond acceptors (Lipinski definition) is 5. The average Bonchev–Trinajstić information content (AvgIpc) is 3.42. The van der Waals surface area contributed by atoms with Crippen molar-refractivity contribution in [1.29, 1.82) is 0 Å². The van der Waals surface area contributed by atoms with E-state index in [1.165, 1.54) is 0 Å². The smallest absolute Gasteiger partial charge is 0.271 e. The molecule has 1 aromatic heterocycles. The molecular formula is C24H32ClN5O2Si. The third-order valence-corrected chi connectivity index (χ3v) is 8.38. The van der Waals surface area contributed by atoms with Crippen molar-refractivity contribution in [3.8, 4) is 0 Å². The molecule has 2 aliphatic heterocycles. The molecule has 176 valence electrons. The summed E-state index contributed by atoms with van der Waals surface area (Å²) in [6, 6.07) is 0.0883. The first-order chi connectivity index (χ1) is 15.9. The predicted molar refractivity (Wildman–Crippen MR) is 133 cm³/mol. The quantitative estimate of drug-likeness (QED) is 0.505. The van der Waals surface area contributed by atoms with Crippen molar-refractivity contribution in [2.45, 2.75) is 57.2 Å². The number of imidazole rings is 1. The van der Waals surface area contributed by atoms with Crippen molar-refractivity contribution in [3.63, 3.8) is 0 Å². The molecule has 33 heavy (non-hydrogen) atoms. The van der Waals surface area contributed by atoms with Crippen LogP contribution in [0, 0.1) is 11.8 Å². The van der Waals surface area contributed by atoms with Crippen molar-refractivity contribution in [2.24, 2.45) is 21.5 Å². The topological polar surface area (TPSA) is 80.9 Å². The fourth-order valence-electron chi connectivity index (χ4n) is 4.32. The molecule has 9 heteroatoms. The summed E-state index contributed by atoms with van der Waals surface area (Å²) in [5.74, 6) is 1.51. The number of amides is 1. The average molecular weight is 486 g/mol. The summed E-state index contributed by atoms with van der Waals surface area (Å²) in [5.41, 5.74) is 2.92. The number of allylic oxidation sites excluding steroid dienone is 4. The minimum Gasteiger partial charge on any atom is -0.376 e. The molecule has 0 bridgehead atoms. The van der Waals surface area contributed by atoms with Crippen molar-refractivity contribution >= 4 is 32.7 Å². The molecule has 0 spiro atoms. The predicted octanol–water partition coefficient (Wildman–Crippen LogP) is 3.99. The summed E-state index contributed by atoms with van der Waals surface area (Å²) < 4.78 is 12.7. The first kappa shape index (κ1) is 24.0. The number of halogens is 1. The standard InChI is InChI=1S/C24H32ClN5O2Si/c1-15-7-8-32-24(15)33-29-22-16(2)9-21(17(3)11-26-22)30-13-20(28-14-30)23(31)27-12-18-5-4-6-19(25)10-18/h4-6,11,13-16,19,21,24,33H,7-10,12H2,1-3H3,(H,27,31)/b33-29+. The number of carbonyl (C=O) groups is 1. The molecule has 1 amide bonds. The lowest BCUT2D eigenvalue weighted by Gasteiger charge is -2.20. The maximum Gasteiger partial charge on any atom is 0.271 e. The molecule has 0 saturated carbocycles. The van der Waals surface area contributed by atoms with Crippen LogP contribution in [0.4, 0.5) is 0 Å². The van der Waals surface area contributed by atoms with Gasteiger partial charge in [0, 0.05) is 31.5 Å². The summed E-state index contributed by atoms with van der Waals surface area (Å²) in [5, 5.41) is 2.94. The number of hydrogen-bond donors (Lipinski definition) is 1. The van der Waals surface area contributed by atoms with Crippen LogP contribution in [0.5, 0.6) is 0 Å².